The quantitative estimate of drug-likeness (QED) is 0.797. The third-order valence-corrected chi connectivity index (χ3v) is 3.51. The molecule has 1 aromatic rings. The van der Waals surface area contributed by atoms with E-state index in [1.807, 2.05) is 12.1 Å². The summed E-state index contributed by atoms with van der Waals surface area (Å²) < 4.78 is 12.2. The molecule has 1 aromatic carbocycles. The number of carbonyl (C=O) groups excluding carboxylic acids is 1. The smallest absolute Gasteiger partial charge is 0.163 e. The Labute approximate surface area is 116 Å². The Morgan fingerprint density at radius 3 is 3.00 bits per heavy atom. The first kappa shape index (κ1) is 13.6. The van der Waals surface area contributed by atoms with Crippen molar-refractivity contribution in [2.75, 3.05) is 13.2 Å². The van der Waals surface area contributed by atoms with Gasteiger partial charge in [0.05, 0.1) is 11.7 Å². The molecular weight excluding hydrogens is 296 g/mol. The van der Waals surface area contributed by atoms with Gasteiger partial charge in [0.2, 0.25) is 0 Å². The maximum Gasteiger partial charge on any atom is 0.163 e. The molecule has 1 unspecified atom stereocenters. The molecule has 1 aliphatic heterocycles. The van der Waals surface area contributed by atoms with Gasteiger partial charge in [-0.1, -0.05) is 15.9 Å². The van der Waals surface area contributed by atoms with Gasteiger partial charge in [-0.25, -0.2) is 0 Å². The molecule has 0 radical (unpaired) electrons. The Balaban J connectivity index is 2.01. The number of hydrogen-bond acceptors (Lipinski definition) is 3. The summed E-state index contributed by atoms with van der Waals surface area (Å²) in [6.45, 7) is 2.88. The highest BCUT2D eigenvalue weighted by Gasteiger charge is 2.16. The lowest BCUT2D eigenvalue weighted by atomic mass is 10.1. The molecule has 0 saturated carbocycles. The van der Waals surface area contributed by atoms with E-state index in [9.17, 15) is 4.79 Å². The van der Waals surface area contributed by atoms with Crippen molar-refractivity contribution in [3.63, 3.8) is 0 Å². The van der Waals surface area contributed by atoms with Crippen LogP contribution in [0.15, 0.2) is 22.7 Å². The molecule has 98 valence electrons. The first-order chi connectivity index (χ1) is 8.66. The second-order valence-electron chi connectivity index (χ2n) is 4.50. The van der Waals surface area contributed by atoms with Gasteiger partial charge in [-0.3, -0.25) is 4.79 Å². The van der Waals surface area contributed by atoms with Gasteiger partial charge in [0.15, 0.2) is 5.78 Å². The molecule has 0 aromatic heterocycles. The Morgan fingerprint density at radius 2 is 2.33 bits per heavy atom. The molecule has 0 aliphatic carbocycles. The topological polar surface area (TPSA) is 35.5 Å². The van der Waals surface area contributed by atoms with Crippen LogP contribution in [0.25, 0.3) is 0 Å². The highest BCUT2D eigenvalue weighted by Crippen LogP contribution is 2.24. The number of halogens is 1. The molecule has 1 fully saturated rings. The van der Waals surface area contributed by atoms with E-state index in [1.54, 1.807) is 13.0 Å². The van der Waals surface area contributed by atoms with E-state index in [2.05, 4.69) is 15.9 Å². The van der Waals surface area contributed by atoms with Crippen LogP contribution < -0.4 is 4.74 Å². The molecule has 1 atom stereocenters. The molecule has 2 rings (SSSR count). The van der Waals surface area contributed by atoms with Crippen LogP contribution in [0.2, 0.25) is 0 Å². The van der Waals surface area contributed by atoms with E-state index in [4.69, 9.17) is 9.47 Å². The molecule has 18 heavy (non-hydrogen) atoms. The fourth-order valence-corrected chi connectivity index (χ4v) is 2.39. The van der Waals surface area contributed by atoms with Crippen molar-refractivity contribution in [1.29, 1.82) is 0 Å². The van der Waals surface area contributed by atoms with Crippen LogP contribution in [0, 0.1) is 0 Å². The number of carbonyl (C=O) groups is 1. The van der Waals surface area contributed by atoms with Gasteiger partial charge in [-0.05, 0) is 44.4 Å². The predicted octanol–water partition coefficient (Wildman–Crippen LogP) is 3.60. The molecule has 1 aliphatic rings. The van der Waals surface area contributed by atoms with E-state index < -0.39 is 0 Å². The van der Waals surface area contributed by atoms with Crippen molar-refractivity contribution in [2.24, 2.45) is 0 Å². The SMILES string of the molecule is CC(=O)c1cc(Br)ccc1OCC1CCCCO1. The minimum Gasteiger partial charge on any atom is -0.490 e. The standard InChI is InChI=1S/C14H17BrO3/c1-10(16)13-8-11(15)5-6-14(13)18-9-12-4-2-3-7-17-12/h5-6,8,12H,2-4,7,9H2,1H3. The van der Waals surface area contributed by atoms with Crippen LogP contribution in [0.3, 0.4) is 0 Å². The second kappa shape index (κ2) is 6.34. The molecular formula is C14H17BrO3. The van der Waals surface area contributed by atoms with Crippen LogP contribution in [0.4, 0.5) is 0 Å². The third-order valence-electron chi connectivity index (χ3n) is 3.02. The normalized spacial score (nSPS) is 19.6. The van der Waals surface area contributed by atoms with E-state index in [-0.39, 0.29) is 11.9 Å². The van der Waals surface area contributed by atoms with Crippen molar-refractivity contribution in [3.8, 4) is 5.75 Å². The summed E-state index contributed by atoms with van der Waals surface area (Å²) >= 11 is 3.36. The number of ether oxygens (including phenoxy) is 2. The number of hydrogen-bond donors (Lipinski definition) is 0. The van der Waals surface area contributed by atoms with Crippen molar-refractivity contribution in [1.82, 2.24) is 0 Å². The van der Waals surface area contributed by atoms with Gasteiger partial charge in [0.25, 0.3) is 0 Å². The molecule has 0 N–H and O–H groups in total. The first-order valence-electron chi connectivity index (χ1n) is 6.21. The van der Waals surface area contributed by atoms with Crippen molar-refractivity contribution in [2.45, 2.75) is 32.3 Å². The van der Waals surface area contributed by atoms with Crippen molar-refractivity contribution >= 4 is 21.7 Å². The predicted molar refractivity (Wildman–Crippen MR) is 73.2 cm³/mol. The summed E-state index contributed by atoms with van der Waals surface area (Å²) in [5, 5.41) is 0. The molecule has 0 amide bonds. The zero-order chi connectivity index (χ0) is 13.0. The summed E-state index contributed by atoms with van der Waals surface area (Å²) in [6.07, 6.45) is 3.51. The molecule has 1 saturated heterocycles. The number of ketones is 1. The lowest BCUT2D eigenvalue weighted by Gasteiger charge is -2.23. The Morgan fingerprint density at radius 1 is 1.50 bits per heavy atom. The maximum atomic E-state index is 11.5. The number of Topliss-reactive ketones (excluding diaryl/α,β-unsaturated/α-hetero) is 1. The molecule has 0 spiro atoms. The van der Waals surface area contributed by atoms with Gasteiger partial charge in [-0.2, -0.15) is 0 Å². The zero-order valence-electron chi connectivity index (χ0n) is 10.4. The summed E-state index contributed by atoms with van der Waals surface area (Å²) in [5.41, 5.74) is 0.611. The fourth-order valence-electron chi connectivity index (χ4n) is 2.02. The summed E-state index contributed by atoms with van der Waals surface area (Å²) in [7, 11) is 0. The molecule has 4 heteroatoms. The van der Waals surface area contributed by atoms with E-state index >= 15 is 0 Å². The Hall–Kier alpha value is -0.870. The number of benzene rings is 1. The van der Waals surface area contributed by atoms with E-state index in [1.165, 1.54) is 6.42 Å². The van der Waals surface area contributed by atoms with Gasteiger partial charge in [0, 0.05) is 11.1 Å². The van der Waals surface area contributed by atoms with Crippen LogP contribution in [-0.2, 0) is 4.74 Å². The Kier molecular flexibility index (Phi) is 4.78. The van der Waals surface area contributed by atoms with Gasteiger partial charge < -0.3 is 9.47 Å². The fraction of sp³-hybridized carbons (Fsp3) is 0.500. The van der Waals surface area contributed by atoms with Crippen LogP contribution >= 0.6 is 15.9 Å². The zero-order valence-corrected chi connectivity index (χ0v) is 12.0. The highest BCUT2D eigenvalue weighted by molar-refractivity contribution is 9.10. The highest BCUT2D eigenvalue weighted by atomic mass is 79.9. The van der Waals surface area contributed by atoms with E-state index in [0.717, 1.165) is 23.9 Å². The second-order valence-corrected chi connectivity index (χ2v) is 5.41. The molecule has 0 bridgehead atoms. The van der Waals surface area contributed by atoms with Crippen LogP contribution in [0.1, 0.15) is 36.5 Å². The monoisotopic (exact) mass is 312 g/mol. The average Bonchev–Trinajstić information content (AvgIpc) is 2.38. The third kappa shape index (κ3) is 3.56. The van der Waals surface area contributed by atoms with Gasteiger partial charge in [-0.15, -0.1) is 0 Å². The largest absolute Gasteiger partial charge is 0.490 e. The lowest BCUT2D eigenvalue weighted by Crippen LogP contribution is -2.26. The van der Waals surface area contributed by atoms with E-state index in [0.29, 0.717) is 17.9 Å². The minimum atomic E-state index is 0.0101. The summed E-state index contributed by atoms with van der Waals surface area (Å²) in [5.74, 6) is 0.649. The van der Waals surface area contributed by atoms with Crippen LogP contribution in [-0.4, -0.2) is 25.1 Å². The maximum absolute atomic E-state index is 11.5. The number of rotatable bonds is 4. The average molecular weight is 313 g/mol. The van der Waals surface area contributed by atoms with Crippen molar-refractivity contribution in [3.05, 3.63) is 28.2 Å². The Bertz CT molecular complexity index is 425. The van der Waals surface area contributed by atoms with Gasteiger partial charge in [0.1, 0.15) is 12.4 Å². The van der Waals surface area contributed by atoms with Crippen molar-refractivity contribution < 1.29 is 14.3 Å². The van der Waals surface area contributed by atoms with Gasteiger partial charge >= 0.3 is 0 Å². The molecule has 3 nitrogen and oxygen atoms in total. The minimum absolute atomic E-state index is 0.0101. The first-order valence-corrected chi connectivity index (χ1v) is 7.01. The summed E-state index contributed by atoms with van der Waals surface area (Å²) in [6, 6.07) is 5.49. The lowest BCUT2D eigenvalue weighted by molar-refractivity contribution is -0.0112. The molecule has 1 heterocycles. The summed E-state index contributed by atoms with van der Waals surface area (Å²) in [4.78, 5) is 11.5. The van der Waals surface area contributed by atoms with Crippen LogP contribution in [0.5, 0.6) is 5.75 Å².